The molecule has 1 aromatic rings. The molecule has 0 fully saturated rings. The van der Waals surface area contributed by atoms with E-state index >= 15 is 0 Å². The Labute approximate surface area is 87.1 Å². The Bertz CT molecular complexity index is 449. The molecule has 0 aliphatic heterocycles. The first-order valence-electron chi connectivity index (χ1n) is 3.55. The number of nitrogens with zero attached hydrogens (tertiary/aromatic N) is 2. The molecule has 0 N–H and O–H groups in total. The fraction of sp³-hybridized carbons (Fsp3) is 0. The smallest absolute Gasteiger partial charge is 0.211 e. The van der Waals surface area contributed by atoms with E-state index in [9.17, 15) is 13.2 Å². The number of aliphatic imine (C=N–C) groups is 1. The Morgan fingerprint density at radius 1 is 1.00 bits per heavy atom. The molecule has 1 aromatic carbocycles. The van der Waals surface area contributed by atoms with Crippen molar-refractivity contribution in [3.8, 4) is 0 Å². The monoisotopic (exact) mass is 226 g/mol. The van der Waals surface area contributed by atoms with Crippen LogP contribution in [0.4, 0.5) is 5.69 Å². The first-order valence-corrected chi connectivity index (χ1v) is 4.69. The number of thiol groups is 1. The normalized spacial score (nSPS) is 7.80. The van der Waals surface area contributed by atoms with E-state index in [2.05, 4.69) is 9.39 Å². The molecule has 0 atom stereocenters. The number of rotatable bonds is 2. The lowest BCUT2D eigenvalue weighted by atomic mass is 10.3. The van der Waals surface area contributed by atoms with Crippen LogP contribution >= 0.6 is 0 Å². The van der Waals surface area contributed by atoms with Crippen molar-refractivity contribution in [1.29, 1.82) is 0 Å². The second-order valence-electron chi connectivity index (χ2n) is 1.97. The molecule has 0 aliphatic carbocycles. The van der Waals surface area contributed by atoms with Crippen molar-refractivity contribution in [1.82, 2.24) is 0 Å². The van der Waals surface area contributed by atoms with Gasteiger partial charge in [-0.05, 0) is 12.1 Å². The van der Waals surface area contributed by atoms with Gasteiger partial charge in [0.25, 0.3) is 17.0 Å². The molecule has 0 bridgehead atoms. The van der Waals surface area contributed by atoms with Crippen molar-refractivity contribution in [2.45, 2.75) is 0 Å². The molecule has 78 valence electrons. The van der Waals surface area contributed by atoms with Crippen LogP contribution in [0.25, 0.3) is 0 Å². The molecule has 0 spiro atoms. The molecule has 0 saturated heterocycles. The van der Waals surface area contributed by atoms with E-state index in [0.717, 1.165) is 6.08 Å². The number of hydrogen-bond acceptors (Lipinski definition) is 5. The second-order valence-corrected chi connectivity index (χ2v) is 2.64. The van der Waals surface area contributed by atoms with Crippen LogP contribution in [0, 0.1) is 0 Å². The molecule has 0 saturated carbocycles. The average Bonchev–Trinajstić information content (AvgIpc) is 2.20. The van der Waals surface area contributed by atoms with E-state index in [4.69, 9.17) is 4.79 Å². The summed E-state index contributed by atoms with van der Waals surface area (Å²) >= 11 is 0. The summed E-state index contributed by atoms with van der Waals surface area (Å²) in [6.45, 7) is 0. The maximum absolute atomic E-state index is 9.68. The molecule has 0 radical (unpaired) electrons. The Balaban J connectivity index is 0.000000288. The van der Waals surface area contributed by atoms with Gasteiger partial charge in [-0.15, -0.1) is 0 Å². The van der Waals surface area contributed by atoms with Gasteiger partial charge >= 0.3 is 0 Å². The van der Waals surface area contributed by atoms with Crippen molar-refractivity contribution < 1.29 is 18.0 Å². The first kappa shape index (κ1) is 12.9. The maximum atomic E-state index is 9.68. The van der Waals surface area contributed by atoms with Gasteiger partial charge in [0.1, 0.15) is 0 Å². The minimum Gasteiger partial charge on any atom is -0.211 e. The predicted molar refractivity (Wildman–Crippen MR) is 52.7 cm³/mol. The van der Waals surface area contributed by atoms with Crippen LogP contribution in [-0.2, 0) is 20.5 Å². The van der Waals surface area contributed by atoms with Crippen molar-refractivity contribution in [3.63, 3.8) is 0 Å². The van der Waals surface area contributed by atoms with Crippen LogP contribution in [0.2, 0.25) is 0 Å². The standard InChI is InChI=1S/C7H5NO.CHNO3S/c9-6-8-7-4-2-1-3-5-7;3-1-2-6(4)5/h1-5H;6H. The van der Waals surface area contributed by atoms with E-state index in [-0.39, 0.29) is 0 Å². The highest BCUT2D eigenvalue weighted by atomic mass is 32.2. The highest BCUT2D eigenvalue weighted by Crippen LogP contribution is 2.06. The summed E-state index contributed by atoms with van der Waals surface area (Å²) < 4.78 is 20.7. The molecule has 0 heterocycles. The second kappa shape index (κ2) is 8.52. The largest absolute Gasteiger partial charge is 0.253 e. The summed E-state index contributed by atoms with van der Waals surface area (Å²) in [5.74, 6) is 0. The molecule has 15 heavy (non-hydrogen) atoms. The zero-order valence-electron chi connectivity index (χ0n) is 7.36. The van der Waals surface area contributed by atoms with Crippen molar-refractivity contribution in [2.75, 3.05) is 0 Å². The Hall–Kier alpha value is -2.07. The van der Waals surface area contributed by atoms with Crippen LogP contribution < -0.4 is 0 Å². The van der Waals surface area contributed by atoms with E-state index < -0.39 is 10.9 Å². The zero-order valence-corrected chi connectivity index (χ0v) is 8.26. The van der Waals surface area contributed by atoms with Gasteiger partial charge in [-0.25, -0.2) is 18.0 Å². The van der Waals surface area contributed by atoms with E-state index in [0.29, 0.717) is 5.69 Å². The number of hydrogen-bond donors (Lipinski definition) is 1. The Kier molecular flexibility index (Phi) is 7.35. The topological polar surface area (TPSA) is 93.0 Å². The van der Waals surface area contributed by atoms with E-state index in [1.807, 2.05) is 18.2 Å². The molecule has 6 nitrogen and oxygen atoms in total. The third-order valence-corrected chi connectivity index (χ3v) is 1.30. The highest BCUT2D eigenvalue weighted by Gasteiger charge is 1.79. The molecule has 0 unspecified atom stereocenters. The Morgan fingerprint density at radius 2 is 1.60 bits per heavy atom. The summed E-state index contributed by atoms with van der Waals surface area (Å²) in [6, 6.07) is 8.98. The van der Waals surface area contributed by atoms with Crippen molar-refractivity contribution in [2.24, 2.45) is 9.39 Å². The molecule has 0 aromatic heterocycles. The maximum Gasteiger partial charge on any atom is 0.253 e. The van der Waals surface area contributed by atoms with Gasteiger partial charge in [-0.3, -0.25) is 0 Å². The van der Waals surface area contributed by atoms with Crippen LogP contribution in [-0.4, -0.2) is 20.6 Å². The third kappa shape index (κ3) is 8.27. The van der Waals surface area contributed by atoms with Crippen LogP contribution in [0.5, 0.6) is 0 Å². The number of benzene rings is 1. The molecule has 1 rings (SSSR count). The van der Waals surface area contributed by atoms with Crippen LogP contribution in [0.3, 0.4) is 0 Å². The van der Waals surface area contributed by atoms with E-state index in [1.54, 1.807) is 12.1 Å². The summed E-state index contributed by atoms with van der Waals surface area (Å²) in [6.07, 6.45) is 2.30. The number of carbonyl (C=O) groups excluding carboxylic acids is 2. The Morgan fingerprint density at radius 3 is 1.93 bits per heavy atom. The van der Waals surface area contributed by atoms with Crippen molar-refractivity contribution >= 4 is 28.7 Å². The van der Waals surface area contributed by atoms with Gasteiger partial charge in [0, 0.05) is 0 Å². The summed E-state index contributed by atoms with van der Waals surface area (Å²) in [5, 5.41) is 0. The van der Waals surface area contributed by atoms with Gasteiger partial charge in [0.2, 0.25) is 6.08 Å². The van der Waals surface area contributed by atoms with Gasteiger partial charge < -0.3 is 0 Å². The lowest BCUT2D eigenvalue weighted by Gasteiger charge is -1.83. The minimum atomic E-state index is -2.90. The van der Waals surface area contributed by atoms with Gasteiger partial charge in [0.15, 0.2) is 0 Å². The van der Waals surface area contributed by atoms with Crippen molar-refractivity contribution in [3.05, 3.63) is 30.3 Å². The molecular formula is C8H6N2O4S. The van der Waals surface area contributed by atoms with Gasteiger partial charge in [0.05, 0.1) is 5.69 Å². The van der Waals surface area contributed by atoms with Gasteiger partial charge in [-0.2, -0.15) is 4.99 Å². The minimum absolute atomic E-state index is 0.646. The number of para-hydroxylation sites is 1. The first-order chi connectivity index (χ1) is 7.20. The highest BCUT2D eigenvalue weighted by molar-refractivity contribution is 7.71. The van der Waals surface area contributed by atoms with E-state index in [1.165, 1.54) is 6.08 Å². The quantitative estimate of drug-likeness (QED) is 0.451. The summed E-state index contributed by atoms with van der Waals surface area (Å²) in [4.78, 5) is 22.0. The average molecular weight is 226 g/mol. The molecule has 0 aliphatic rings. The fourth-order valence-electron chi connectivity index (χ4n) is 0.589. The van der Waals surface area contributed by atoms with Crippen LogP contribution in [0.1, 0.15) is 0 Å². The lowest BCUT2D eigenvalue weighted by molar-refractivity contribution is 0.564. The third-order valence-electron chi connectivity index (χ3n) is 1.05. The number of isocyanates is 2. The summed E-state index contributed by atoms with van der Waals surface area (Å²) in [7, 11) is -2.90. The predicted octanol–water partition coefficient (Wildman–Crippen LogP) is 0.503. The zero-order chi connectivity index (χ0) is 11.5. The van der Waals surface area contributed by atoms with Crippen LogP contribution in [0.15, 0.2) is 39.7 Å². The molecule has 0 amide bonds. The molecular weight excluding hydrogens is 220 g/mol. The molecule has 7 heteroatoms. The lowest BCUT2D eigenvalue weighted by Crippen LogP contribution is -1.59. The van der Waals surface area contributed by atoms with Gasteiger partial charge in [-0.1, -0.05) is 22.6 Å². The SMILES string of the molecule is O=C=N[SH](=O)=O.O=C=Nc1ccccc1. The summed E-state index contributed by atoms with van der Waals surface area (Å²) in [5.41, 5.74) is 0.646. The fourth-order valence-corrected chi connectivity index (χ4v) is 0.655.